The average Bonchev–Trinajstić information content (AvgIpc) is 2.26. The topological polar surface area (TPSA) is 32.3 Å². The Morgan fingerprint density at radius 3 is 2.62 bits per heavy atom. The molecule has 1 heterocycles. The molecule has 3 aliphatic rings. The lowest BCUT2D eigenvalue weighted by Crippen LogP contribution is -2.61. The predicted molar refractivity (Wildman–Crippen MR) is 63.1 cm³/mol. The van der Waals surface area contributed by atoms with E-state index in [2.05, 4.69) is 10.2 Å². The van der Waals surface area contributed by atoms with Crippen molar-refractivity contribution in [1.82, 2.24) is 10.2 Å². The molecule has 0 aromatic rings. The summed E-state index contributed by atoms with van der Waals surface area (Å²) in [6.07, 6.45) is 8.66. The second-order valence-corrected chi connectivity index (χ2v) is 5.57. The highest BCUT2D eigenvalue weighted by Crippen LogP contribution is 2.32. The molecule has 1 N–H and O–H groups in total. The minimum atomic E-state index is 0.376. The molecular weight excluding hydrogens is 200 g/mol. The van der Waals surface area contributed by atoms with Crippen LogP contribution in [0.3, 0.4) is 0 Å². The molecule has 0 aromatic carbocycles. The van der Waals surface area contributed by atoms with Crippen LogP contribution in [-0.4, -0.2) is 36.0 Å². The molecule has 90 valence electrons. The number of carbonyl (C=O) groups excluding carboxylic acids is 1. The first kappa shape index (κ1) is 10.6. The van der Waals surface area contributed by atoms with E-state index in [0.717, 1.165) is 25.9 Å². The third-order valence-electron chi connectivity index (χ3n) is 4.63. The molecule has 2 aliphatic carbocycles. The molecule has 0 bridgehead atoms. The van der Waals surface area contributed by atoms with E-state index in [1.807, 2.05) is 0 Å². The molecule has 1 aliphatic heterocycles. The van der Waals surface area contributed by atoms with Crippen LogP contribution < -0.4 is 5.32 Å². The van der Waals surface area contributed by atoms with Crippen LogP contribution in [0.25, 0.3) is 0 Å². The molecule has 0 aromatic heterocycles. The molecule has 16 heavy (non-hydrogen) atoms. The second kappa shape index (κ2) is 4.36. The molecule has 0 radical (unpaired) electrons. The van der Waals surface area contributed by atoms with Crippen molar-refractivity contribution >= 4 is 5.91 Å². The maximum absolute atomic E-state index is 12.3. The van der Waals surface area contributed by atoms with Gasteiger partial charge in [-0.05, 0) is 25.7 Å². The fourth-order valence-electron chi connectivity index (χ4n) is 3.42. The maximum atomic E-state index is 12.3. The molecule has 2 atom stereocenters. The highest BCUT2D eigenvalue weighted by Gasteiger charge is 2.39. The normalized spacial score (nSPS) is 35.4. The van der Waals surface area contributed by atoms with Gasteiger partial charge in [-0.2, -0.15) is 0 Å². The van der Waals surface area contributed by atoms with Gasteiger partial charge in [0.15, 0.2) is 0 Å². The smallest absolute Gasteiger partial charge is 0.226 e. The van der Waals surface area contributed by atoms with Gasteiger partial charge in [0.25, 0.3) is 0 Å². The number of piperazine rings is 1. The summed E-state index contributed by atoms with van der Waals surface area (Å²) in [5.74, 6) is 0.838. The Morgan fingerprint density at radius 1 is 1.06 bits per heavy atom. The summed E-state index contributed by atoms with van der Waals surface area (Å²) in [5.41, 5.74) is 0. The summed E-state index contributed by atoms with van der Waals surface area (Å²) >= 11 is 0. The number of nitrogens with zero attached hydrogens (tertiary/aromatic N) is 1. The first-order valence-electron chi connectivity index (χ1n) is 6.90. The summed E-state index contributed by atoms with van der Waals surface area (Å²) < 4.78 is 0. The molecule has 3 rings (SSSR count). The van der Waals surface area contributed by atoms with E-state index in [1.165, 1.54) is 32.1 Å². The van der Waals surface area contributed by atoms with Crippen LogP contribution in [0.1, 0.15) is 44.9 Å². The van der Waals surface area contributed by atoms with Gasteiger partial charge in [-0.25, -0.2) is 0 Å². The molecule has 3 heteroatoms. The van der Waals surface area contributed by atoms with Crippen molar-refractivity contribution in [3.8, 4) is 0 Å². The lowest BCUT2D eigenvalue weighted by molar-refractivity contribution is -0.143. The van der Waals surface area contributed by atoms with Gasteiger partial charge in [-0.1, -0.05) is 19.3 Å². The van der Waals surface area contributed by atoms with E-state index < -0.39 is 0 Å². The lowest BCUT2D eigenvalue weighted by Gasteiger charge is -2.46. The summed E-state index contributed by atoms with van der Waals surface area (Å²) in [4.78, 5) is 14.5. The summed E-state index contributed by atoms with van der Waals surface area (Å²) in [5, 5.41) is 3.59. The number of rotatable bonds is 1. The first-order valence-corrected chi connectivity index (χ1v) is 6.90. The van der Waals surface area contributed by atoms with E-state index >= 15 is 0 Å². The molecule has 2 unspecified atom stereocenters. The Balaban J connectivity index is 1.69. The molecule has 1 amide bonds. The highest BCUT2D eigenvalue weighted by atomic mass is 16.2. The number of carbonyl (C=O) groups is 1. The predicted octanol–water partition coefficient (Wildman–Crippen LogP) is 1.53. The highest BCUT2D eigenvalue weighted by molar-refractivity contribution is 5.80. The van der Waals surface area contributed by atoms with Gasteiger partial charge in [0.2, 0.25) is 5.91 Å². The maximum Gasteiger partial charge on any atom is 0.226 e. The molecule has 3 fully saturated rings. The SMILES string of the molecule is O=C(C1CCC1)N1CCNC2CCCCC21. The number of hydrogen-bond acceptors (Lipinski definition) is 2. The van der Waals surface area contributed by atoms with Gasteiger partial charge in [0.05, 0.1) is 0 Å². The molecule has 0 spiro atoms. The summed E-state index contributed by atoms with van der Waals surface area (Å²) in [6, 6.07) is 1.10. The van der Waals surface area contributed by atoms with Crippen molar-refractivity contribution in [3.05, 3.63) is 0 Å². The fourth-order valence-corrected chi connectivity index (χ4v) is 3.42. The van der Waals surface area contributed by atoms with E-state index in [1.54, 1.807) is 0 Å². The van der Waals surface area contributed by atoms with Gasteiger partial charge >= 0.3 is 0 Å². The summed E-state index contributed by atoms with van der Waals surface area (Å²) in [7, 11) is 0. The minimum Gasteiger partial charge on any atom is -0.337 e. The van der Waals surface area contributed by atoms with Crippen molar-refractivity contribution < 1.29 is 4.79 Å². The van der Waals surface area contributed by atoms with E-state index in [9.17, 15) is 4.79 Å². The largest absolute Gasteiger partial charge is 0.337 e. The van der Waals surface area contributed by atoms with Crippen molar-refractivity contribution in [2.45, 2.75) is 57.0 Å². The van der Waals surface area contributed by atoms with Crippen LogP contribution in [0.15, 0.2) is 0 Å². The first-order chi connectivity index (χ1) is 7.86. The Kier molecular flexibility index (Phi) is 2.88. The zero-order chi connectivity index (χ0) is 11.0. The Hall–Kier alpha value is -0.570. The second-order valence-electron chi connectivity index (χ2n) is 5.57. The Labute approximate surface area is 97.6 Å². The Bertz CT molecular complexity index is 273. The number of amides is 1. The monoisotopic (exact) mass is 222 g/mol. The lowest BCUT2D eigenvalue weighted by atomic mass is 9.82. The van der Waals surface area contributed by atoms with Crippen LogP contribution in [0.5, 0.6) is 0 Å². The quantitative estimate of drug-likeness (QED) is 0.729. The van der Waals surface area contributed by atoms with Crippen LogP contribution in [0, 0.1) is 5.92 Å². The minimum absolute atomic E-state index is 0.376. The van der Waals surface area contributed by atoms with Crippen LogP contribution in [0.2, 0.25) is 0 Å². The van der Waals surface area contributed by atoms with Gasteiger partial charge in [0, 0.05) is 31.1 Å². The van der Waals surface area contributed by atoms with Crippen LogP contribution >= 0.6 is 0 Å². The van der Waals surface area contributed by atoms with Crippen molar-refractivity contribution in [3.63, 3.8) is 0 Å². The van der Waals surface area contributed by atoms with Crippen molar-refractivity contribution in [1.29, 1.82) is 0 Å². The number of hydrogen-bond donors (Lipinski definition) is 1. The third kappa shape index (κ3) is 1.75. The van der Waals surface area contributed by atoms with Crippen molar-refractivity contribution in [2.75, 3.05) is 13.1 Å². The van der Waals surface area contributed by atoms with Gasteiger partial charge in [0.1, 0.15) is 0 Å². The number of fused-ring (bicyclic) bond motifs is 1. The molecule has 1 saturated heterocycles. The third-order valence-corrected chi connectivity index (χ3v) is 4.63. The Morgan fingerprint density at radius 2 is 1.88 bits per heavy atom. The zero-order valence-corrected chi connectivity index (χ0v) is 9.95. The van der Waals surface area contributed by atoms with E-state index in [0.29, 0.717) is 23.9 Å². The van der Waals surface area contributed by atoms with Gasteiger partial charge < -0.3 is 10.2 Å². The van der Waals surface area contributed by atoms with Crippen LogP contribution in [0.4, 0.5) is 0 Å². The standard InChI is InChI=1S/C13H22N2O/c16-13(10-4-3-5-10)15-9-8-14-11-6-1-2-7-12(11)15/h10-12,14H,1-9H2. The van der Waals surface area contributed by atoms with Crippen molar-refractivity contribution in [2.24, 2.45) is 5.92 Å². The summed E-state index contributed by atoms with van der Waals surface area (Å²) in [6.45, 7) is 1.94. The van der Waals surface area contributed by atoms with Gasteiger partial charge in [-0.15, -0.1) is 0 Å². The zero-order valence-electron chi connectivity index (χ0n) is 9.95. The molecule has 2 saturated carbocycles. The average molecular weight is 222 g/mol. The fraction of sp³-hybridized carbons (Fsp3) is 0.923. The van der Waals surface area contributed by atoms with Crippen LogP contribution in [-0.2, 0) is 4.79 Å². The molecular formula is C13H22N2O. The number of nitrogens with one attached hydrogen (secondary N) is 1. The van der Waals surface area contributed by atoms with E-state index in [-0.39, 0.29) is 0 Å². The van der Waals surface area contributed by atoms with Gasteiger partial charge in [-0.3, -0.25) is 4.79 Å². The van der Waals surface area contributed by atoms with E-state index in [4.69, 9.17) is 0 Å². The molecule has 3 nitrogen and oxygen atoms in total.